The number of ether oxygens (including phenoxy) is 1. The van der Waals surface area contributed by atoms with Gasteiger partial charge in [-0.05, 0) is 31.4 Å². The van der Waals surface area contributed by atoms with Crippen molar-refractivity contribution < 1.29 is 19.2 Å². The minimum absolute atomic E-state index is 0.305. The van der Waals surface area contributed by atoms with E-state index in [1.807, 2.05) is 32.1 Å². The van der Waals surface area contributed by atoms with Crippen LogP contribution in [0, 0.1) is 0 Å². The van der Waals surface area contributed by atoms with Gasteiger partial charge in [-0.15, -0.1) is 0 Å². The lowest BCUT2D eigenvalue weighted by molar-refractivity contribution is -0.170. The Morgan fingerprint density at radius 1 is 1.28 bits per heavy atom. The summed E-state index contributed by atoms with van der Waals surface area (Å²) in [7, 11) is 2.93. The number of benzene rings is 1. The number of para-hydroxylation sites is 1. The number of rotatable bonds is 2. The molecule has 1 aromatic rings. The van der Waals surface area contributed by atoms with Crippen LogP contribution in [0.25, 0.3) is 0 Å². The average molecular weight is 348 g/mol. The van der Waals surface area contributed by atoms with Crippen molar-refractivity contribution in [2.45, 2.75) is 39.2 Å². The van der Waals surface area contributed by atoms with Gasteiger partial charge in [0.05, 0.1) is 19.3 Å². The number of hydrogen-bond acceptors (Lipinski definition) is 4. The van der Waals surface area contributed by atoms with Crippen LogP contribution >= 0.6 is 0 Å². The van der Waals surface area contributed by atoms with Crippen molar-refractivity contribution >= 4 is 11.8 Å². The van der Waals surface area contributed by atoms with Crippen LogP contribution in [-0.4, -0.2) is 43.7 Å². The fourth-order valence-corrected chi connectivity index (χ4v) is 2.28. The van der Waals surface area contributed by atoms with Crippen molar-refractivity contribution in [3.8, 4) is 5.75 Å². The average Bonchev–Trinajstić information content (AvgIpc) is 2.65. The molecule has 0 aromatic heterocycles. The van der Waals surface area contributed by atoms with Gasteiger partial charge in [0.15, 0.2) is 0 Å². The third-order valence-corrected chi connectivity index (χ3v) is 3.63. The molecule has 2 rings (SSSR count). The van der Waals surface area contributed by atoms with E-state index in [0.717, 1.165) is 17.9 Å². The van der Waals surface area contributed by atoms with E-state index >= 15 is 0 Å². The molecule has 0 spiro atoms. The van der Waals surface area contributed by atoms with E-state index in [4.69, 9.17) is 9.57 Å². The fourth-order valence-electron chi connectivity index (χ4n) is 2.28. The smallest absolute Gasteiger partial charge is 0.268 e. The first kappa shape index (κ1) is 20.7. The van der Waals surface area contributed by atoms with E-state index in [1.54, 1.807) is 18.2 Å². The molecule has 1 unspecified atom stereocenters. The molecular weight excluding hydrogens is 320 g/mol. The molecular formula is C19H28N2O4. The maximum Gasteiger partial charge on any atom is 0.268 e. The number of likely N-dealkylation sites (N-methyl/N-ethyl adjacent to an activating group) is 1. The van der Waals surface area contributed by atoms with E-state index < -0.39 is 6.04 Å². The number of carbonyl (C=O) groups is 2. The highest BCUT2D eigenvalue weighted by Gasteiger charge is 2.25. The van der Waals surface area contributed by atoms with Gasteiger partial charge in [0.2, 0.25) is 0 Å². The Labute approximate surface area is 149 Å². The molecule has 25 heavy (non-hydrogen) atoms. The molecule has 0 saturated heterocycles. The molecule has 1 aliphatic heterocycles. The lowest BCUT2D eigenvalue weighted by atomic mass is 10.1. The molecule has 6 heteroatoms. The second-order valence-electron chi connectivity index (χ2n) is 5.24. The first-order valence-corrected chi connectivity index (χ1v) is 8.63. The van der Waals surface area contributed by atoms with Crippen molar-refractivity contribution in [2.24, 2.45) is 0 Å². The summed E-state index contributed by atoms with van der Waals surface area (Å²) in [6.07, 6.45) is 6.03. The van der Waals surface area contributed by atoms with E-state index in [2.05, 4.69) is 5.32 Å². The zero-order chi connectivity index (χ0) is 18.7. The molecule has 6 nitrogen and oxygen atoms in total. The molecule has 2 amide bonds. The van der Waals surface area contributed by atoms with Crippen molar-refractivity contribution in [1.29, 1.82) is 0 Å². The maximum absolute atomic E-state index is 12.5. The predicted molar refractivity (Wildman–Crippen MR) is 97.3 cm³/mol. The monoisotopic (exact) mass is 348 g/mol. The first-order chi connectivity index (χ1) is 12.1. The van der Waals surface area contributed by atoms with Gasteiger partial charge < -0.3 is 10.1 Å². The summed E-state index contributed by atoms with van der Waals surface area (Å²) in [5.74, 6) is -0.112. The number of allylic oxidation sites excluding steroid dienone is 1. The minimum Gasteiger partial charge on any atom is -0.493 e. The molecule has 1 aliphatic rings. The van der Waals surface area contributed by atoms with E-state index in [0.29, 0.717) is 24.3 Å². The highest BCUT2D eigenvalue weighted by molar-refractivity contribution is 5.99. The lowest BCUT2D eigenvalue weighted by Gasteiger charge is -2.22. The van der Waals surface area contributed by atoms with Crippen LogP contribution in [0.3, 0.4) is 0 Å². The molecule has 1 atom stereocenters. The fraction of sp³-hybridized carbons (Fsp3) is 0.474. The summed E-state index contributed by atoms with van der Waals surface area (Å²) in [6, 6.07) is 6.35. The molecule has 1 N–H and O–H groups in total. The lowest BCUT2D eigenvalue weighted by Crippen LogP contribution is -2.46. The van der Waals surface area contributed by atoms with E-state index in [9.17, 15) is 9.59 Å². The summed E-state index contributed by atoms with van der Waals surface area (Å²) in [5, 5.41) is 3.88. The van der Waals surface area contributed by atoms with E-state index in [1.165, 1.54) is 14.2 Å². The zero-order valence-corrected chi connectivity index (χ0v) is 15.5. The van der Waals surface area contributed by atoms with Crippen molar-refractivity contribution in [3.63, 3.8) is 0 Å². The summed E-state index contributed by atoms with van der Waals surface area (Å²) in [6.45, 7) is 4.55. The normalized spacial score (nSPS) is 18.7. The van der Waals surface area contributed by atoms with Crippen LogP contribution in [-0.2, 0) is 9.63 Å². The van der Waals surface area contributed by atoms with Gasteiger partial charge in [-0.1, -0.05) is 38.1 Å². The molecule has 1 aromatic carbocycles. The number of amides is 2. The Bertz CT molecular complexity index is 587. The molecule has 0 saturated carbocycles. The summed E-state index contributed by atoms with van der Waals surface area (Å²) in [5.41, 5.74) is 0.426. The number of carbonyl (C=O) groups excluding carboxylic acids is 2. The standard InChI is InChI=1S/C17H22N2O4.C2H6/c1-19(22-2)17(21)14-10-5-3-4-8-12-23-15-11-7-6-9-13(15)16(20)18-14;1-2/h3,5-7,9,11,14H,4,8,10,12H2,1-2H3,(H,18,20);1-2H3/b5-3-;. The number of hydrogen-bond donors (Lipinski definition) is 1. The number of fused-ring (bicyclic) bond motifs is 1. The van der Waals surface area contributed by atoms with Crippen LogP contribution < -0.4 is 10.1 Å². The molecule has 0 radical (unpaired) electrons. The predicted octanol–water partition coefficient (Wildman–Crippen LogP) is 2.95. The van der Waals surface area contributed by atoms with Crippen LogP contribution in [0.4, 0.5) is 0 Å². The van der Waals surface area contributed by atoms with Crippen LogP contribution in [0.1, 0.15) is 43.5 Å². The number of nitrogens with one attached hydrogen (secondary N) is 1. The number of hydroxylamine groups is 2. The molecule has 0 bridgehead atoms. The highest BCUT2D eigenvalue weighted by atomic mass is 16.7. The Morgan fingerprint density at radius 3 is 2.72 bits per heavy atom. The molecule has 0 aliphatic carbocycles. The van der Waals surface area contributed by atoms with Gasteiger partial charge in [-0.2, -0.15) is 0 Å². The third-order valence-electron chi connectivity index (χ3n) is 3.63. The third kappa shape index (κ3) is 6.23. The van der Waals surface area contributed by atoms with Gasteiger partial charge in [0.25, 0.3) is 11.8 Å². The van der Waals surface area contributed by atoms with Crippen molar-refractivity contribution in [3.05, 3.63) is 42.0 Å². The Kier molecular flexibility index (Phi) is 9.32. The summed E-state index contributed by atoms with van der Waals surface area (Å²) >= 11 is 0. The van der Waals surface area contributed by atoms with Crippen molar-refractivity contribution in [2.75, 3.05) is 20.8 Å². The van der Waals surface area contributed by atoms with Gasteiger partial charge >= 0.3 is 0 Å². The summed E-state index contributed by atoms with van der Waals surface area (Å²) in [4.78, 5) is 29.8. The van der Waals surface area contributed by atoms with Crippen LogP contribution in [0.2, 0.25) is 0 Å². The van der Waals surface area contributed by atoms with Crippen LogP contribution in [0.15, 0.2) is 36.4 Å². The van der Waals surface area contributed by atoms with Gasteiger partial charge in [0, 0.05) is 7.05 Å². The Hall–Kier alpha value is -2.34. The molecule has 1 heterocycles. The number of nitrogens with zero attached hydrogens (tertiary/aromatic N) is 1. The largest absolute Gasteiger partial charge is 0.493 e. The van der Waals surface area contributed by atoms with Gasteiger partial charge in [-0.25, -0.2) is 5.06 Å². The Morgan fingerprint density at radius 2 is 2.00 bits per heavy atom. The second kappa shape index (κ2) is 11.3. The second-order valence-corrected chi connectivity index (χ2v) is 5.24. The SMILES string of the molecule is CC.CON(C)C(=O)C1C/C=C\CCCOc2ccccc2C(=O)N1. The van der Waals surface area contributed by atoms with Gasteiger partial charge in [-0.3, -0.25) is 14.4 Å². The van der Waals surface area contributed by atoms with Crippen LogP contribution in [0.5, 0.6) is 5.75 Å². The quantitative estimate of drug-likeness (QED) is 0.659. The molecule has 138 valence electrons. The van der Waals surface area contributed by atoms with E-state index in [-0.39, 0.29) is 11.8 Å². The zero-order valence-electron chi connectivity index (χ0n) is 15.5. The first-order valence-electron chi connectivity index (χ1n) is 8.63. The minimum atomic E-state index is -0.684. The van der Waals surface area contributed by atoms with Gasteiger partial charge in [0.1, 0.15) is 11.8 Å². The Balaban J connectivity index is 0.00000151. The maximum atomic E-state index is 12.5. The molecule has 0 fully saturated rings. The van der Waals surface area contributed by atoms with Crippen molar-refractivity contribution in [1.82, 2.24) is 10.4 Å². The summed E-state index contributed by atoms with van der Waals surface area (Å²) < 4.78 is 5.68. The topological polar surface area (TPSA) is 67.9 Å². The highest BCUT2D eigenvalue weighted by Crippen LogP contribution is 2.19.